The Morgan fingerprint density at radius 2 is 1.84 bits per heavy atom. The van der Waals surface area contributed by atoms with E-state index in [-0.39, 0.29) is 13.2 Å². The SMILES string of the molecule is CCCNC(C#N)(CC)CCCOCCC(F)(F)F. The second-order valence-electron chi connectivity index (χ2n) is 4.56. The second-order valence-corrected chi connectivity index (χ2v) is 4.56. The molecule has 0 saturated carbocycles. The van der Waals surface area contributed by atoms with E-state index in [1.54, 1.807) is 0 Å². The maximum absolute atomic E-state index is 11.9. The fourth-order valence-corrected chi connectivity index (χ4v) is 1.69. The van der Waals surface area contributed by atoms with Crippen molar-refractivity contribution in [3.8, 4) is 6.07 Å². The lowest BCUT2D eigenvalue weighted by atomic mass is 9.92. The third-order valence-corrected chi connectivity index (χ3v) is 2.95. The molecular weight excluding hydrogens is 257 g/mol. The van der Waals surface area contributed by atoms with Gasteiger partial charge in [0.2, 0.25) is 0 Å². The van der Waals surface area contributed by atoms with E-state index < -0.39 is 18.1 Å². The minimum atomic E-state index is -4.16. The van der Waals surface area contributed by atoms with Crippen molar-refractivity contribution >= 4 is 0 Å². The van der Waals surface area contributed by atoms with E-state index in [2.05, 4.69) is 11.4 Å². The van der Waals surface area contributed by atoms with E-state index in [0.29, 0.717) is 19.3 Å². The molecule has 6 heteroatoms. The smallest absolute Gasteiger partial charge is 0.381 e. The van der Waals surface area contributed by atoms with Crippen molar-refractivity contribution in [2.45, 2.75) is 57.7 Å². The summed E-state index contributed by atoms with van der Waals surface area (Å²) in [4.78, 5) is 0. The number of ether oxygens (including phenoxy) is 1. The monoisotopic (exact) mass is 280 g/mol. The first-order valence-electron chi connectivity index (χ1n) is 6.70. The fraction of sp³-hybridized carbons (Fsp3) is 0.923. The molecule has 0 heterocycles. The summed E-state index contributed by atoms with van der Waals surface area (Å²) in [6.07, 6.45) is -2.31. The highest BCUT2D eigenvalue weighted by atomic mass is 19.4. The number of nitrogens with zero attached hydrogens (tertiary/aromatic N) is 1. The van der Waals surface area contributed by atoms with Gasteiger partial charge in [-0.25, -0.2) is 0 Å². The number of nitrogens with one attached hydrogen (secondary N) is 1. The lowest BCUT2D eigenvalue weighted by molar-refractivity contribution is -0.145. The number of halogens is 3. The number of hydrogen-bond acceptors (Lipinski definition) is 3. The number of hydrogen-bond donors (Lipinski definition) is 1. The summed E-state index contributed by atoms with van der Waals surface area (Å²) in [5.74, 6) is 0. The lowest BCUT2D eigenvalue weighted by Gasteiger charge is -2.26. The average Bonchev–Trinajstić information content (AvgIpc) is 2.36. The predicted octanol–water partition coefficient (Wildman–Crippen LogP) is 3.41. The molecule has 1 N–H and O–H groups in total. The molecule has 0 amide bonds. The van der Waals surface area contributed by atoms with Crippen LogP contribution in [0.15, 0.2) is 0 Å². The maximum Gasteiger partial charge on any atom is 0.391 e. The molecule has 0 aromatic carbocycles. The van der Waals surface area contributed by atoms with Gasteiger partial charge in [0.15, 0.2) is 0 Å². The van der Waals surface area contributed by atoms with Gasteiger partial charge < -0.3 is 4.74 Å². The summed E-state index contributed by atoms with van der Waals surface area (Å²) in [6.45, 7) is 4.66. The highest BCUT2D eigenvalue weighted by Crippen LogP contribution is 2.20. The number of nitriles is 1. The van der Waals surface area contributed by atoms with Crippen LogP contribution in [0.1, 0.15) is 46.0 Å². The maximum atomic E-state index is 11.9. The Labute approximate surface area is 113 Å². The molecule has 0 aliphatic heterocycles. The van der Waals surface area contributed by atoms with Crippen LogP contribution in [0.4, 0.5) is 13.2 Å². The first-order valence-corrected chi connectivity index (χ1v) is 6.70. The van der Waals surface area contributed by atoms with Gasteiger partial charge in [-0.1, -0.05) is 13.8 Å². The topological polar surface area (TPSA) is 45.0 Å². The number of rotatable bonds is 10. The van der Waals surface area contributed by atoms with E-state index in [1.165, 1.54) is 0 Å². The molecule has 0 bridgehead atoms. The van der Waals surface area contributed by atoms with Gasteiger partial charge in [-0.15, -0.1) is 0 Å². The molecule has 0 aromatic rings. The molecule has 0 fully saturated rings. The molecule has 1 atom stereocenters. The van der Waals surface area contributed by atoms with E-state index in [9.17, 15) is 18.4 Å². The van der Waals surface area contributed by atoms with Gasteiger partial charge in [-0.3, -0.25) is 5.32 Å². The zero-order chi connectivity index (χ0) is 14.8. The van der Waals surface area contributed by atoms with Gasteiger partial charge in [0.1, 0.15) is 5.54 Å². The Kier molecular flexibility index (Phi) is 8.77. The largest absolute Gasteiger partial charge is 0.391 e. The molecule has 0 aliphatic rings. The molecule has 0 radical (unpaired) electrons. The van der Waals surface area contributed by atoms with E-state index in [4.69, 9.17) is 4.74 Å². The Bertz CT molecular complexity index is 276. The van der Waals surface area contributed by atoms with Gasteiger partial charge in [-0.2, -0.15) is 18.4 Å². The predicted molar refractivity (Wildman–Crippen MR) is 67.7 cm³/mol. The number of alkyl halides is 3. The Balaban J connectivity index is 3.85. The van der Waals surface area contributed by atoms with Crippen LogP contribution in [0.25, 0.3) is 0 Å². The first-order chi connectivity index (χ1) is 8.89. The first kappa shape index (κ1) is 18.2. The third kappa shape index (κ3) is 8.84. The molecule has 0 rings (SSSR count). The van der Waals surface area contributed by atoms with Crippen LogP contribution in [0.5, 0.6) is 0 Å². The van der Waals surface area contributed by atoms with Crippen molar-refractivity contribution in [2.75, 3.05) is 19.8 Å². The van der Waals surface area contributed by atoms with Crippen LogP contribution in [0.2, 0.25) is 0 Å². The molecule has 0 aliphatic carbocycles. The van der Waals surface area contributed by atoms with Crippen LogP contribution in [0, 0.1) is 11.3 Å². The highest BCUT2D eigenvalue weighted by molar-refractivity contribution is 5.06. The summed E-state index contributed by atoms with van der Waals surface area (Å²) >= 11 is 0. The van der Waals surface area contributed by atoms with Crippen molar-refractivity contribution < 1.29 is 17.9 Å². The van der Waals surface area contributed by atoms with Crippen LogP contribution in [0.3, 0.4) is 0 Å². The van der Waals surface area contributed by atoms with Gasteiger partial charge in [-0.05, 0) is 32.2 Å². The molecule has 112 valence electrons. The summed E-state index contributed by atoms with van der Waals surface area (Å²) in [6, 6.07) is 2.27. The van der Waals surface area contributed by atoms with Crippen molar-refractivity contribution in [1.82, 2.24) is 5.32 Å². The van der Waals surface area contributed by atoms with Gasteiger partial charge in [0.25, 0.3) is 0 Å². The quantitative estimate of drug-likeness (QED) is 0.624. The molecular formula is C13H23F3N2O. The molecule has 0 aromatic heterocycles. The van der Waals surface area contributed by atoms with Crippen molar-refractivity contribution in [3.63, 3.8) is 0 Å². The summed E-state index contributed by atoms with van der Waals surface area (Å²) in [5.41, 5.74) is -0.580. The molecule has 1 unspecified atom stereocenters. The summed E-state index contributed by atoms with van der Waals surface area (Å²) in [5, 5.41) is 12.4. The van der Waals surface area contributed by atoms with Gasteiger partial charge in [0.05, 0.1) is 19.1 Å². The van der Waals surface area contributed by atoms with Crippen LogP contribution in [-0.2, 0) is 4.74 Å². The van der Waals surface area contributed by atoms with Crippen LogP contribution >= 0.6 is 0 Å². The van der Waals surface area contributed by atoms with Crippen molar-refractivity contribution in [3.05, 3.63) is 0 Å². The lowest BCUT2D eigenvalue weighted by Crippen LogP contribution is -2.44. The Morgan fingerprint density at radius 3 is 2.32 bits per heavy atom. The standard InChI is InChI=1S/C13H23F3N2O/c1-3-8-18-12(4-2,11-17)6-5-9-19-10-7-13(14,15)16/h18H,3-10H2,1-2H3. The third-order valence-electron chi connectivity index (χ3n) is 2.95. The zero-order valence-electron chi connectivity index (χ0n) is 11.6. The Hall–Kier alpha value is -0.800. The second kappa shape index (κ2) is 9.16. The van der Waals surface area contributed by atoms with E-state index >= 15 is 0 Å². The van der Waals surface area contributed by atoms with Gasteiger partial charge >= 0.3 is 6.18 Å². The Morgan fingerprint density at radius 1 is 1.16 bits per heavy atom. The molecule has 0 saturated heterocycles. The zero-order valence-corrected chi connectivity index (χ0v) is 11.6. The molecule has 3 nitrogen and oxygen atoms in total. The molecule has 19 heavy (non-hydrogen) atoms. The van der Waals surface area contributed by atoms with E-state index in [1.807, 2.05) is 13.8 Å². The summed E-state index contributed by atoms with van der Waals surface area (Å²) in [7, 11) is 0. The fourth-order valence-electron chi connectivity index (χ4n) is 1.69. The summed E-state index contributed by atoms with van der Waals surface area (Å²) < 4.78 is 40.6. The highest BCUT2D eigenvalue weighted by Gasteiger charge is 2.27. The molecule has 0 spiro atoms. The average molecular weight is 280 g/mol. The van der Waals surface area contributed by atoms with Crippen molar-refractivity contribution in [2.24, 2.45) is 0 Å². The van der Waals surface area contributed by atoms with E-state index in [0.717, 1.165) is 13.0 Å². The van der Waals surface area contributed by atoms with Crippen LogP contribution < -0.4 is 5.32 Å². The van der Waals surface area contributed by atoms with Crippen molar-refractivity contribution in [1.29, 1.82) is 5.26 Å². The minimum absolute atomic E-state index is 0.257. The normalized spacial score (nSPS) is 14.9. The minimum Gasteiger partial charge on any atom is -0.381 e. The van der Waals surface area contributed by atoms with Crippen LogP contribution in [-0.4, -0.2) is 31.5 Å². The van der Waals surface area contributed by atoms with Gasteiger partial charge in [0, 0.05) is 6.61 Å².